The number of sulfonamides is 1. The van der Waals surface area contributed by atoms with Crippen LogP contribution in [-0.2, 0) is 27.6 Å². The van der Waals surface area contributed by atoms with E-state index >= 15 is 0 Å². The minimum atomic E-state index is -3.50. The van der Waals surface area contributed by atoms with E-state index in [0.29, 0.717) is 30.0 Å². The van der Waals surface area contributed by atoms with Gasteiger partial charge in [0, 0.05) is 18.7 Å². The molecule has 0 amide bonds. The van der Waals surface area contributed by atoms with E-state index in [1.54, 1.807) is 7.05 Å². The maximum Gasteiger partial charge on any atom is 0.306 e. The summed E-state index contributed by atoms with van der Waals surface area (Å²) in [4.78, 5) is 11.3. The van der Waals surface area contributed by atoms with Gasteiger partial charge in [0.2, 0.25) is 10.0 Å². The second-order valence-electron chi connectivity index (χ2n) is 8.83. The van der Waals surface area contributed by atoms with Crippen LogP contribution in [0.1, 0.15) is 57.1 Å². The third kappa shape index (κ3) is 5.47. The van der Waals surface area contributed by atoms with E-state index in [-0.39, 0.29) is 23.8 Å². The lowest BCUT2D eigenvalue weighted by atomic mass is 9.87. The molecule has 2 fully saturated rings. The van der Waals surface area contributed by atoms with Crippen LogP contribution in [0.2, 0.25) is 0 Å². The van der Waals surface area contributed by atoms with E-state index in [1.165, 1.54) is 4.68 Å². The van der Waals surface area contributed by atoms with Crippen LogP contribution in [0.15, 0.2) is 24.3 Å². The first-order valence-corrected chi connectivity index (χ1v) is 12.8. The summed E-state index contributed by atoms with van der Waals surface area (Å²) >= 11 is 0. The van der Waals surface area contributed by atoms with Gasteiger partial charge in [-0.05, 0) is 62.8 Å². The van der Waals surface area contributed by atoms with Crippen molar-refractivity contribution in [2.75, 3.05) is 0 Å². The van der Waals surface area contributed by atoms with Gasteiger partial charge in [-0.1, -0.05) is 18.1 Å². The lowest BCUT2D eigenvalue weighted by Gasteiger charge is -2.27. The summed E-state index contributed by atoms with van der Waals surface area (Å²) in [6.45, 7) is 0. The fraction of sp³-hybridized carbons (Fsp3) is 0.591. The van der Waals surface area contributed by atoms with Gasteiger partial charge in [-0.15, -0.1) is 5.10 Å². The minimum absolute atomic E-state index is 0.0154. The fourth-order valence-corrected chi connectivity index (χ4v) is 6.15. The second-order valence-corrected chi connectivity index (χ2v) is 10.6. The maximum atomic E-state index is 12.7. The number of aliphatic carboxylic acids is 1. The van der Waals surface area contributed by atoms with Crippen molar-refractivity contribution in [1.29, 1.82) is 0 Å². The lowest BCUT2D eigenvalue weighted by Crippen LogP contribution is -2.34. The van der Waals surface area contributed by atoms with E-state index in [1.807, 2.05) is 24.3 Å². The van der Waals surface area contributed by atoms with Gasteiger partial charge in [0.15, 0.2) is 0 Å². The molecule has 1 aromatic heterocycles. The zero-order valence-corrected chi connectivity index (χ0v) is 19.1. The molecule has 0 radical (unpaired) electrons. The number of carbonyl (C=O) groups is 1. The van der Waals surface area contributed by atoms with Crippen LogP contribution in [0.3, 0.4) is 0 Å². The largest absolute Gasteiger partial charge is 0.490 e. The fourth-order valence-electron chi connectivity index (χ4n) is 4.64. The summed E-state index contributed by atoms with van der Waals surface area (Å²) in [5.41, 5.74) is 1.81. The summed E-state index contributed by atoms with van der Waals surface area (Å²) in [5.74, 6) is -0.638. The van der Waals surface area contributed by atoms with Gasteiger partial charge in [-0.2, -0.15) is 0 Å². The molecule has 2 saturated carbocycles. The number of benzene rings is 1. The first-order chi connectivity index (χ1) is 15.3. The highest BCUT2D eigenvalue weighted by molar-refractivity contribution is 7.88. The molecule has 0 spiro atoms. The second kappa shape index (κ2) is 9.58. The third-order valence-electron chi connectivity index (χ3n) is 6.38. The maximum absolute atomic E-state index is 12.7. The lowest BCUT2D eigenvalue weighted by molar-refractivity contribution is -0.143. The molecular weight excluding hydrogens is 432 g/mol. The molecule has 0 bridgehead atoms. The number of nitrogens with zero attached hydrogens (tertiary/aromatic N) is 3. The molecule has 32 heavy (non-hydrogen) atoms. The standard InChI is InChI=1S/C22H30N4O5S/c1-26-20(14-32(29,30)24-17-6-2-3-7-17)21(23-25-26)15-9-11-18(12-10-15)31-19-8-4-5-16(13-19)22(27)28/h9-12,16-17,19,24H,2-8,13-14H2,1H3,(H,27,28)/t16-,19-/m0/s1. The molecule has 0 saturated heterocycles. The average Bonchev–Trinajstić information content (AvgIpc) is 3.38. The van der Waals surface area contributed by atoms with Crippen molar-refractivity contribution in [2.24, 2.45) is 13.0 Å². The van der Waals surface area contributed by atoms with Crippen molar-refractivity contribution in [3.63, 3.8) is 0 Å². The Bertz CT molecular complexity index is 1040. The van der Waals surface area contributed by atoms with Crippen molar-refractivity contribution < 1.29 is 23.1 Å². The Morgan fingerprint density at radius 1 is 1.16 bits per heavy atom. The van der Waals surface area contributed by atoms with E-state index in [2.05, 4.69) is 15.0 Å². The summed E-state index contributed by atoms with van der Waals surface area (Å²) < 4.78 is 35.7. The van der Waals surface area contributed by atoms with Crippen molar-refractivity contribution in [2.45, 2.75) is 69.3 Å². The highest BCUT2D eigenvalue weighted by Gasteiger charge is 2.28. The van der Waals surface area contributed by atoms with E-state index in [0.717, 1.165) is 44.1 Å². The zero-order valence-electron chi connectivity index (χ0n) is 18.2. The molecule has 174 valence electrons. The number of aromatic nitrogens is 3. The van der Waals surface area contributed by atoms with Crippen molar-refractivity contribution in [3.8, 4) is 17.0 Å². The van der Waals surface area contributed by atoms with Crippen LogP contribution in [0.4, 0.5) is 0 Å². The van der Waals surface area contributed by atoms with Gasteiger partial charge in [0.25, 0.3) is 0 Å². The number of rotatable bonds is 8. The molecule has 1 aromatic carbocycles. The smallest absolute Gasteiger partial charge is 0.306 e. The molecule has 1 heterocycles. The predicted octanol–water partition coefficient (Wildman–Crippen LogP) is 2.87. The molecular formula is C22H30N4O5S. The minimum Gasteiger partial charge on any atom is -0.490 e. The van der Waals surface area contributed by atoms with Gasteiger partial charge < -0.3 is 9.84 Å². The molecule has 2 aromatic rings. The Kier molecular flexibility index (Phi) is 6.80. The molecule has 2 aliphatic rings. The molecule has 2 aliphatic carbocycles. The molecule has 9 nitrogen and oxygen atoms in total. The molecule has 2 N–H and O–H groups in total. The summed E-state index contributed by atoms with van der Waals surface area (Å²) in [6.07, 6.45) is 6.64. The van der Waals surface area contributed by atoms with Crippen LogP contribution < -0.4 is 9.46 Å². The summed E-state index contributed by atoms with van der Waals surface area (Å²) in [6, 6.07) is 7.29. The van der Waals surface area contributed by atoms with Crippen molar-refractivity contribution >= 4 is 16.0 Å². The van der Waals surface area contributed by atoms with Crippen LogP contribution >= 0.6 is 0 Å². The summed E-state index contributed by atoms with van der Waals surface area (Å²) in [5, 5.41) is 17.5. The quantitative estimate of drug-likeness (QED) is 0.618. The number of hydrogen-bond acceptors (Lipinski definition) is 6. The van der Waals surface area contributed by atoms with Crippen LogP contribution in [-0.4, -0.2) is 46.6 Å². The van der Waals surface area contributed by atoms with E-state index in [9.17, 15) is 18.3 Å². The Morgan fingerprint density at radius 2 is 1.88 bits per heavy atom. The SMILES string of the molecule is Cn1nnc(-c2ccc(O[C@H]3CCC[C@H](C(=O)O)C3)cc2)c1CS(=O)(=O)NC1CCCC1. The first kappa shape index (κ1) is 22.7. The van der Waals surface area contributed by atoms with Crippen LogP contribution in [0, 0.1) is 5.92 Å². The molecule has 4 rings (SSSR count). The Morgan fingerprint density at radius 3 is 2.56 bits per heavy atom. The first-order valence-electron chi connectivity index (χ1n) is 11.2. The number of carboxylic acid groups (broad SMARTS) is 1. The van der Waals surface area contributed by atoms with E-state index in [4.69, 9.17) is 4.74 Å². The molecule has 0 aliphatic heterocycles. The Labute approximate surface area is 188 Å². The topological polar surface area (TPSA) is 123 Å². The van der Waals surface area contributed by atoms with Crippen molar-refractivity contribution in [3.05, 3.63) is 30.0 Å². The molecule has 10 heteroatoms. The van der Waals surface area contributed by atoms with Gasteiger partial charge >= 0.3 is 5.97 Å². The van der Waals surface area contributed by atoms with E-state index < -0.39 is 16.0 Å². The molecule has 2 atom stereocenters. The number of hydrogen-bond donors (Lipinski definition) is 2. The van der Waals surface area contributed by atoms with Gasteiger partial charge in [-0.3, -0.25) is 9.48 Å². The normalized spacial score (nSPS) is 22.2. The highest BCUT2D eigenvalue weighted by atomic mass is 32.2. The number of aryl methyl sites for hydroxylation is 1. The number of ether oxygens (including phenoxy) is 1. The van der Waals surface area contributed by atoms with Crippen molar-refractivity contribution in [1.82, 2.24) is 19.7 Å². The predicted molar refractivity (Wildman–Crippen MR) is 118 cm³/mol. The number of nitrogens with one attached hydrogen (secondary N) is 1. The van der Waals surface area contributed by atoms with Gasteiger partial charge in [-0.25, -0.2) is 13.1 Å². The Hall–Kier alpha value is -2.46. The summed E-state index contributed by atoms with van der Waals surface area (Å²) in [7, 11) is -1.81. The van der Waals surface area contributed by atoms with Crippen LogP contribution in [0.5, 0.6) is 5.75 Å². The molecule has 0 unspecified atom stereocenters. The zero-order chi connectivity index (χ0) is 22.7. The number of carboxylic acids is 1. The monoisotopic (exact) mass is 462 g/mol. The Balaban J connectivity index is 1.45. The highest BCUT2D eigenvalue weighted by Crippen LogP contribution is 2.30. The third-order valence-corrected chi connectivity index (χ3v) is 7.72. The average molecular weight is 463 g/mol. The van der Waals surface area contributed by atoms with Gasteiger partial charge in [0.1, 0.15) is 17.2 Å². The van der Waals surface area contributed by atoms with Crippen LogP contribution in [0.25, 0.3) is 11.3 Å². The van der Waals surface area contributed by atoms with Gasteiger partial charge in [0.05, 0.1) is 17.7 Å².